The monoisotopic (exact) mass is 484 g/mol. The minimum atomic E-state index is -0.306. The number of nitrogens with one attached hydrogen (secondary N) is 1. The average Bonchev–Trinajstić information content (AvgIpc) is 3.32. The van der Waals surface area contributed by atoms with Gasteiger partial charge in [0.1, 0.15) is 5.75 Å². The number of amides is 2. The number of carbonyl (C=O) groups excluding carboxylic acids is 2. The number of hydrogen-bond donors (Lipinski definition) is 1. The van der Waals surface area contributed by atoms with Crippen molar-refractivity contribution in [3.8, 4) is 5.75 Å². The Hall–Kier alpha value is -2.91. The number of hydrogen-bond acceptors (Lipinski definition) is 7. The molecule has 2 unspecified atom stereocenters. The molecule has 0 aliphatic carbocycles. The second-order valence-electron chi connectivity index (χ2n) is 8.72. The van der Waals surface area contributed by atoms with E-state index in [1.54, 1.807) is 41.8 Å². The highest BCUT2D eigenvalue weighted by Crippen LogP contribution is 2.26. The van der Waals surface area contributed by atoms with Crippen LogP contribution in [0, 0.1) is 0 Å². The van der Waals surface area contributed by atoms with E-state index in [-0.39, 0.29) is 30.5 Å². The molecule has 0 radical (unpaired) electrons. The van der Waals surface area contributed by atoms with E-state index in [2.05, 4.69) is 35.3 Å². The molecule has 1 aromatic heterocycles. The molecule has 1 N–H and O–H groups in total. The fourth-order valence-corrected chi connectivity index (χ4v) is 5.35. The maximum absolute atomic E-state index is 12.6. The predicted molar refractivity (Wildman–Crippen MR) is 134 cm³/mol. The third-order valence-corrected chi connectivity index (χ3v) is 7.33. The van der Waals surface area contributed by atoms with Crippen LogP contribution in [0.25, 0.3) is 0 Å². The number of piperidine rings is 1. The molecule has 1 aromatic carbocycles. The number of rotatable bonds is 7. The zero-order chi connectivity index (χ0) is 23.9. The summed E-state index contributed by atoms with van der Waals surface area (Å²) in [5, 5.41) is 5.26. The van der Waals surface area contributed by atoms with Gasteiger partial charge in [-0.3, -0.25) is 9.59 Å². The summed E-state index contributed by atoms with van der Waals surface area (Å²) in [6, 6.07) is 11.3. The number of likely N-dealkylation sites (tertiary alicyclic amines) is 1. The van der Waals surface area contributed by atoms with Crippen molar-refractivity contribution in [1.82, 2.24) is 10.3 Å². The van der Waals surface area contributed by atoms with Gasteiger partial charge in [0, 0.05) is 35.6 Å². The molecule has 3 heterocycles. The first-order chi connectivity index (χ1) is 16.5. The lowest BCUT2D eigenvalue weighted by Gasteiger charge is -2.38. The first kappa shape index (κ1) is 24.2. The zero-order valence-electron chi connectivity index (χ0n) is 19.7. The number of hydrazone groups is 1. The van der Waals surface area contributed by atoms with Crippen LogP contribution < -0.4 is 15.1 Å². The van der Waals surface area contributed by atoms with Gasteiger partial charge in [-0.2, -0.15) is 5.10 Å². The van der Waals surface area contributed by atoms with Crippen molar-refractivity contribution in [1.29, 1.82) is 0 Å². The highest BCUT2D eigenvalue weighted by Gasteiger charge is 2.29. The Balaban J connectivity index is 1.24. The molecule has 2 aliphatic rings. The van der Waals surface area contributed by atoms with E-state index in [4.69, 9.17) is 9.47 Å². The van der Waals surface area contributed by atoms with Crippen molar-refractivity contribution in [2.45, 2.75) is 45.2 Å². The van der Waals surface area contributed by atoms with Crippen LogP contribution in [0.15, 0.2) is 41.5 Å². The van der Waals surface area contributed by atoms with E-state index >= 15 is 0 Å². The van der Waals surface area contributed by atoms with Crippen LogP contribution in [-0.2, 0) is 9.53 Å². The lowest BCUT2D eigenvalue weighted by Crippen LogP contribution is -2.49. The van der Waals surface area contributed by atoms with Crippen molar-refractivity contribution in [2.75, 3.05) is 37.8 Å². The molecule has 2 saturated heterocycles. The standard InChI is InChI=1S/C25H32N4O4S/c1-18-4-3-5-19(2)29(18)23(30)17-33-21-8-6-20(7-9-21)25(31)27-26-16-22-10-11-24(34-22)28-12-14-32-15-13-28/h6-11,16,18-19H,3-5,12-15,17H2,1-2H3,(H,27,31)/b26-16+. The molecule has 2 fully saturated rings. The topological polar surface area (TPSA) is 83.5 Å². The first-order valence-corrected chi connectivity index (χ1v) is 12.6. The molecule has 8 nitrogen and oxygen atoms in total. The van der Waals surface area contributed by atoms with Gasteiger partial charge in [0.05, 0.1) is 24.4 Å². The van der Waals surface area contributed by atoms with Crippen LogP contribution in [-0.4, -0.2) is 67.9 Å². The maximum atomic E-state index is 12.6. The number of anilines is 1. The molecule has 182 valence electrons. The third-order valence-electron chi connectivity index (χ3n) is 6.25. The Bertz CT molecular complexity index is 991. The number of thiophene rings is 1. The smallest absolute Gasteiger partial charge is 0.271 e. The van der Waals surface area contributed by atoms with Gasteiger partial charge in [-0.05, 0) is 69.5 Å². The Morgan fingerprint density at radius 1 is 1.12 bits per heavy atom. The summed E-state index contributed by atoms with van der Waals surface area (Å²) in [5.74, 6) is 0.251. The number of nitrogens with zero attached hydrogens (tertiary/aromatic N) is 3. The summed E-state index contributed by atoms with van der Waals surface area (Å²) in [4.78, 5) is 30.2. The summed E-state index contributed by atoms with van der Waals surface area (Å²) in [6.07, 6.45) is 4.87. The third kappa shape index (κ3) is 6.15. The molecular weight excluding hydrogens is 452 g/mol. The summed E-state index contributed by atoms with van der Waals surface area (Å²) in [7, 11) is 0. The van der Waals surface area contributed by atoms with Crippen LogP contribution in [0.2, 0.25) is 0 Å². The first-order valence-electron chi connectivity index (χ1n) is 11.8. The molecule has 4 rings (SSSR count). The quantitative estimate of drug-likeness (QED) is 0.480. The second-order valence-corrected chi connectivity index (χ2v) is 9.81. The van der Waals surface area contributed by atoms with Gasteiger partial charge in [0.15, 0.2) is 6.61 Å². The Kier molecular flexibility index (Phi) is 8.18. The van der Waals surface area contributed by atoms with Gasteiger partial charge in [-0.15, -0.1) is 11.3 Å². The SMILES string of the molecule is CC1CCCC(C)N1C(=O)COc1ccc(C(=O)N/N=C/c2ccc(N3CCOCC3)s2)cc1. The summed E-state index contributed by atoms with van der Waals surface area (Å²) < 4.78 is 11.1. The lowest BCUT2D eigenvalue weighted by molar-refractivity contribution is -0.139. The number of ether oxygens (including phenoxy) is 2. The molecule has 2 amide bonds. The zero-order valence-corrected chi connectivity index (χ0v) is 20.6. The molecule has 9 heteroatoms. The molecule has 2 aliphatic heterocycles. The van der Waals surface area contributed by atoms with Gasteiger partial charge in [0.2, 0.25) is 0 Å². The molecule has 2 atom stereocenters. The van der Waals surface area contributed by atoms with Crippen LogP contribution in [0.1, 0.15) is 48.3 Å². The Morgan fingerprint density at radius 2 is 1.82 bits per heavy atom. The van der Waals surface area contributed by atoms with Gasteiger partial charge < -0.3 is 19.3 Å². The Morgan fingerprint density at radius 3 is 2.53 bits per heavy atom. The number of benzene rings is 1. The molecule has 34 heavy (non-hydrogen) atoms. The van der Waals surface area contributed by atoms with E-state index in [0.717, 1.165) is 50.4 Å². The van der Waals surface area contributed by atoms with E-state index in [1.807, 2.05) is 11.0 Å². The maximum Gasteiger partial charge on any atom is 0.271 e. The van der Waals surface area contributed by atoms with Crippen LogP contribution >= 0.6 is 11.3 Å². The van der Waals surface area contributed by atoms with Crippen molar-refractivity contribution in [3.63, 3.8) is 0 Å². The largest absolute Gasteiger partial charge is 0.484 e. The minimum absolute atomic E-state index is 0.00112. The summed E-state index contributed by atoms with van der Waals surface area (Å²) >= 11 is 1.63. The molecule has 0 saturated carbocycles. The fraction of sp³-hybridized carbons (Fsp3) is 0.480. The van der Waals surface area contributed by atoms with E-state index in [1.165, 1.54) is 5.00 Å². The highest BCUT2D eigenvalue weighted by molar-refractivity contribution is 7.17. The fourth-order valence-electron chi connectivity index (χ4n) is 4.42. The summed E-state index contributed by atoms with van der Waals surface area (Å²) in [6.45, 7) is 7.44. The van der Waals surface area contributed by atoms with E-state index < -0.39 is 0 Å². The van der Waals surface area contributed by atoms with E-state index in [9.17, 15) is 9.59 Å². The lowest BCUT2D eigenvalue weighted by atomic mass is 9.97. The van der Waals surface area contributed by atoms with Crippen molar-refractivity contribution in [3.05, 3.63) is 46.8 Å². The summed E-state index contributed by atoms with van der Waals surface area (Å²) in [5.41, 5.74) is 3.03. The van der Waals surface area contributed by atoms with Gasteiger partial charge >= 0.3 is 0 Å². The Labute approximate surface area is 204 Å². The minimum Gasteiger partial charge on any atom is -0.484 e. The predicted octanol–water partition coefficient (Wildman–Crippen LogP) is 3.52. The average molecular weight is 485 g/mol. The van der Waals surface area contributed by atoms with E-state index in [0.29, 0.717) is 11.3 Å². The number of carbonyl (C=O) groups is 2. The molecular formula is C25H32N4O4S. The van der Waals surface area contributed by atoms with Crippen molar-refractivity contribution >= 4 is 34.4 Å². The van der Waals surface area contributed by atoms with Crippen molar-refractivity contribution < 1.29 is 19.1 Å². The highest BCUT2D eigenvalue weighted by atomic mass is 32.1. The second kappa shape index (κ2) is 11.5. The van der Waals surface area contributed by atoms with Crippen molar-refractivity contribution in [2.24, 2.45) is 5.10 Å². The number of morpholine rings is 1. The van der Waals surface area contributed by atoms with Gasteiger partial charge in [0.25, 0.3) is 11.8 Å². The van der Waals surface area contributed by atoms with Crippen LogP contribution in [0.3, 0.4) is 0 Å². The van der Waals surface area contributed by atoms with Gasteiger partial charge in [-0.1, -0.05) is 0 Å². The van der Waals surface area contributed by atoms with Crippen LogP contribution in [0.5, 0.6) is 5.75 Å². The molecule has 0 bridgehead atoms. The van der Waals surface area contributed by atoms with Crippen LogP contribution in [0.4, 0.5) is 5.00 Å². The normalized spacial score (nSPS) is 21.0. The molecule has 0 spiro atoms. The van der Waals surface area contributed by atoms with Gasteiger partial charge in [-0.25, -0.2) is 5.43 Å². The molecule has 2 aromatic rings.